The van der Waals surface area contributed by atoms with Crippen LogP contribution in [0.15, 0.2) is 30.5 Å². The lowest BCUT2D eigenvalue weighted by Crippen LogP contribution is -2.20. The van der Waals surface area contributed by atoms with E-state index in [0.717, 1.165) is 11.3 Å². The molecule has 0 atom stereocenters. The van der Waals surface area contributed by atoms with E-state index in [4.69, 9.17) is 11.6 Å². The van der Waals surface area contributed by atoms with Crippen LogP contribution in [0.4, 0.5) is 4.39 Å². The molecule has 0 aliphatic heterocycles. The molecule has 2 N–H and O–H groups in total. The maximum absolute atomic E-state index is 13.0. The number of H-pyrrole nitrogens is 1. The minimum atomic E-state index is -0.483. The van der Waals surface area contributed by atoms with Crippen molar-refractivity contribution >= 4 is 23.6 Å². The summed E-state index contributed by atoms with van der Waals surface area (Å²) in [5.41, 5.74) is 2.50. The van der Waals surface area contributed by atoms with E-state index in [2.05, 4.69) is 15.5 Å². The highest BCUT2D eigenvalue weighted by Gasteiger charge is 2.02. The Labute approximate surface area is 120 Å². The number of aryl methyl sites for hydroxylation is 1. The number of aromatic amines is 1. The third kappa shape index (κ3) is 3.68. The van der Waals surface area contributed by atoms with E-state index in [1.54, 1.807) is 18.3 Å². The van der Waals surface area contributed by atoms with Gasteiger partial charge in [0.05, 0.1) is 11.2 Å². The van der Waals surface area contributed by atoms with Crippen LogP contribution < -0.4 is 5.32 Å². The second-order valence-electron chi connectivity index (χ2n) is 4.24. The second kappa shape index (κ2) is 6.34. The van der Waals surface area contributed by atoms with Gasteiger partial charge >= 0.3 is 0 Å². The predicted molar refractivity (Wildman–Crippen MR) is 75.6 cm³/mol. The Hall–Kier alpha value is -2.14. The number of hydrogen-bond donors (Lipinski definition) is 2. The number of carbonyl (C=O) groups is 1. The van der Waals surface area contributed by atoms with Crippen molar-refractivity contribution in [3.63, 3.8) is 0 Å². The Balaban J connectivity index is 1.92. The first-order valence-corrected chi connectivity index (χ1v) is 6.34. The Morgan fingerprint density at radius 1 is 1.55 bits per heavy atom. The van der Waals surface area contributed by atoms with Crippen LogP contribution in [0.3, 0.4) is 0 Å². The molecule has 0 aliphatic rings. The topological polar surface area (TPSA) is 57.8 Å². The summed E-state index contributed by atoms with van der Waals surface area (Å²) in [6, 6.07) is 4.26. The minimum Gasteiger partial charge on any atom is -0.348 e. The molecule has 1 heterocycles. The van der Waals surface area contributed by atoms with Crippen LogP contribution >= 0.6 is 11.6 Å². The van der Waals surface area contributed by atoms with Gasteiger partial charge in [0.1, 0.15) is 5.82 Å². The minimum absolute atomic E-state index is 0.0292. The Kier molecular flexibility index (Phi) is 4.53. The summed E-state index contributed by atoms with van der Waals surface area (Å²) in [5, 5.41) is 9.42. The highest BCUT2D eigenvalue weighted by molar-refractivity contribution is 6.30. The van der Waals surface area contributed by atoms with Gasteiger partial charge in [-0.25, -0.2) is 4.39 Å². The summed E-state index contributed by atoms with van der Waals surface area (Å²) < 4.78 is 13.0. The van der Waals surface area contributed by atoms with E-state index in [1.165, 1.54) is 18.2 Å². The van der Waals surface area contributed by atoms with Crippen molar-refractivity contribution < 1.29 is 9.18 Å². The van der Waals surface area contributed by atoms with Crippen molar-refractivity contribution in [2.24, 2.45) is 0 Å². The molecule has 0 saturated carbocycles. The van der Waals surface area contributed by atoms with Crippen molar-refractivity contribution in [2.75, 3.05) is 0 Å². The quantitative estimate of drug-likeness (QED) is 0.852. The average molecular weight is 294 g/mol. The number of hydrogen-bond acceptors (Lipinski definition) is 2. The van der Waals surface area contributed by atoms with Crippen LogP contribution in [-0.2, 0) is 11.3 Å². The van der Waals surface area contributed by atoms with Gasteiger partial charge in [0.2, 0.25) is 5.91 Å². The normalized spacial score (nSPS) is 10.9. The van der Waals surface area contributed by atoms with Crippen molar-refractivity contribution in [1.82, 2.24) is 15.5 Å². The average Bonchev–Trinajstić information content (AvgIpc) is 2.83. The highest BCUT2D eigenvalue weighted by Crippen LogP contribution is 2.16. The molecule has 0 saturated heterocycles. The monoisotopic (exact) mass is 293 g/mol. The fraction of sp³-hybridized carbons (Fsp3) is 0.143. The van der Waals surface area contributed by atoms with Gasteiger partial charge in [0.15, 0.2) is 0 Å². The highest BCUT2D eigenvalue weighted by atomic mass is 35.5. The van der Waals surface area contributed by atoms with E-state index in [1.807, 2.05) is 6.92 Å². The summed E-state index contributed by atoms with van der Waals surface area (Å²) in [5.74, 6) is -0.727. The molecule has 0 aliphatic carbocycles. The number of amides is 1. The zero-order valence-corrected chi connectivity index (χ0v) is 11.5. The number of rotatable bonds is 4. The summed E-state index contributed by atoms with van der Waals surface area (Å²) in [4.78, 5) is 11.6. The smallest absolute Gasteiger partial charge is 0.244 e. The van der Waals surface area contributed by atoms with Crippen molar-refractivity contribution in [3.05, 3.63) is 58.1 Å². The third-order valence-electron chi connectivity index (χ3n) is 2.76. The van der Waals surface area contributed by atoms with E-state index >= 15 is 0 Å². The zero-order valence-electron chi connectivity index (χ0n) is 10.8. The van der Waals surface area contributed by atoms with Gasteiger partial charge in [-0.1, -0.05) is 17.7 Å². The van der Waals surface area contributed by atoms with E-state index < -0.39 is 5.82 Å². The number of aromatic nitrogens is 2. The molecule has 0 unspecified atom stereocenters. The molecule has 0 spiro atoms. The number of nitrogens with one attached hydrogen (secondary N) is 2. The molecule has 0 bridgehead atoms. The lowest BCUT2D eigenvalue weighted by Gasteiger charge is -2.01. The van der Waals surface area contributed by atoms with Crippen molar-refractivity contribution in [1.29, 1.82) is 0 Å². The fourth-order valence-corrected chi connectivity index (χ4v) is 1.77. The zero-order chi connectivity index (χ0) is 14.5. The number of benzene rings is 1. The van der Waals surface area contributed by atoms with Crippen molar-refractivity contribution in [2.45, 2.75) is 13.5 Å². The van der Waals surface area contributed by atoms with E-state index in [-0.39, 0.29) is 10.9 Å². The lowest BCUT2D eigenvalue weighted by molar-refractivity contribution is -0.116. The molecule has 104 valence electrons. The van der Waals surface area contributed by atoms with Crippen LogP contribution in [-0.4, -0.2) is 16.1 Å². The molecule has 2 aromatic rings. The van der Waals surface area contributed by atoms with Crippen LogP contribution in [0.2, 0.25) is 5.02 Å². The number of carbonyl (C=O) groups excluding carboxylic acids is 1. The Bertz CT molecular complexity index is 652. The summed E-state index contributed by atoms with van der Waals surface area (Å²) in [6.07, 6.45) is 4.61. The van der Waals surface area contributed by atoms with Gasteiger partial charge < -0.3 is 5.32 Å². The first-order chi connectivity index (χ1) is 9.56. The molecule has 0 radical (unpaired) electrons. The van der Waals surface area contributed by atoms with Gasteiger partial charge in [-0.2, -0.15) is 5.10 Å². The first kappa shape index (κ1) is 14.3. The Morgan fingerprint density at radius 3 is 3.00 bits per heavy atom. The summed E-state index contributed by atoms with van der Waals surface area (Å²) in [6.45, 7) is 2.28. The summed E-state index contributed by atoms with van der Waals surface area (Å²) in [7, 11) is 0. The van der Waals surface area contributed by atoms with Gasteiger partial charge in [0.25, 0.3) is 0 Å². The molecule has 1 aromatic carbocycles. The van der Waals surface area contributed by atoms with Gasteiger partial charge in [-0.05, 0) is 30.7 Å². The number of nitrogens with zero attached hydrogens (tertiary/aromatic N) is 1. The van der Waals surface area contributed by atoms with Gasteiger partial charge in [0, 0.05) is 23.9 Å². The molecule has 20 heavy (non-hydrogen) atoms. The second-order valence-corrected chi connectivity index (χ2v) is 4.65. The van der Waals surface area contributed by atoms with E-state index in [0.29, 0.717) is 12.1 Å². The predicted octanol–water partition coefficient (Wildman–Crippen LogP) is 2.84. The largest absolute Gasteiger partial charge is 0.348 e. The van der Waals surface area contributed by atoms with Crippen LogP contribution in [0.1, 0.15) is 16.8 Å². The SMILES string of the molecule is Cc1[nH]ncc1CNC(=O)/C=C/c1ccc(F)c(Cl)c1. The van der Waals surface area contributed by atoms with Gasteiger partial charge in [-0.3, -0.25) is 9.89 Å². The van der Waals surface area contributed by atoms with E-state index in [9.17, 15) is 9.18 Å². The molecule has 4 nitrogen and oxygen atoms in total. The molecule has 1 aromatic heterocycles. The maximum atomic E-state index is 13.0. The molecule has 1 amide bonds. The molecular weight excluding hydrogens is 281 g/mol. The summed E-state index contributed by atoms with van der Waals surface area (Å²) >= 11 is 5.66. The number of halogens is 2. The Morgan fingerprint density at radius 2 is 2.35 bits per heavy atom. The lowest BCUT2D eigenvalue weighted by atomic mass is 10.2. The third-order valence-corrected chi connectivity index (χ3v) is 3.05. The van der Waals surface area contributed by atoms with Crippen molar-refractivity contribution in [3.8, 4) is 0 Å². The fourth-order valence-electron chi connectivity index (χ4n) is 1.58. The first-order valence-electron chi connectivity index (χ1n) is 5.96. The molecule has 0 fully saturated rings. The standard InChI is InChI=1S/C14H13ClFN3O/c1-9-11(8-18-19-9)7-17-14(20)5-3-10-2-4-13(16)12(15)6-10/h2-6,8H,7H2,1H3,(H,17,20)(H,18,19)/b5-3+. The van der Waals surface area contributed by atoms with Crippen LogP contribution in [0.25, 0.3) is 6.08 Å². The molecule has 2 rings (SSSR count). The molecular formula is C14H13ClFN3O. The molecule has 6 heteroatoms. The van der Waals surface area contributed by atoms with Crippen LogP contribution in [0, 0.1) is 12.7 Å². The van der Waals surface area contributed by atoms with Crippen LogP contribution in [0.5, 0.6) is 0 Å². The van der Waals surface area contributed by atoms with Gasteiger partial charge in [-0.15, -0.1) is 0 Å². The maximum Gasteiger partial charge on any atom is 0.244 e.